The predicted molar refractivity (Wildman–Crippen MR) is 335 cm³/mol. The van der Waals surface area contributed by atoms with Gasteiger partial charge in [-0.05, 0) is 136 Å². The topological polar surface area (TPSA) is 59.0 Å². The van der Waals surface area contributed by atoms with Gasteiger partial charge in [0.25, 0.3) is 0 Å². The summed E-state index contributed by atoms with van der Waals surface area (Å²) in [6.07, 6.45) is 0. The molecule has 4 aromatic heterocycles. The number of aryl methyl sites for hydroxylation is 1. The van der Waals surface area contributed by atoms with Crippen molar-refractivity contribution in [3.05, 3.63) is 254 Å². The van der Waals surface area contributed by atoms with E-state index in [4.69, 9.17) is 17.7 Å². The molecule has 2 bridgehead atoms. The maximum Gasteiger partial charge on any atom is 0.178 e. The quantitative estimate of drug-likeness (QED) is 0.165. The van der Waals surface area contributed by atoms with Crippen LogP contribution in [0.1, 0.15) is 5.56 Å². The van der Waals surface area contributed by atoms with Gasteiger partial charge in [0.05, 0.1) is 17.1 Å². The minimum absolute atomic E-state index is 0.738. The molecule has 0 atom stereocenters. The average Bonchev–Trinajstić information content (AvgIpc) is 4.48. The van der Waals surface area contributed by atoms with Crippen LogP contribution in [0.3, 0.4) is 0 Å². The molecule has 0 unspecified atom stereocenters. The van der Waals surface area contributed by atoms with E-state index >= 15 is 0 Å². The molecule has 0 spiro atoms. The lowest BCUT2D eigenvalue weighted by atomic mass is 9.90. The predicted octanol–water partition coefficient (Wildman–Crippen LogP) is 22.2. The number of hydrogen-bond acceptors (Lipinski definition) is 6. The molecule has 0 saturated carbocycles. The maximum absolute atomic E-state index is 7.01. The Morgan fingerprint density at radius 1 is 0.296 bits per heavy atom. The van der Waals surface area contributed by atoms with Crippen molar-refractivity contribution in [2.24, 2.45) is 0 Å². The number of anilines is 6. The normalized spacial score (nSPS) is 12.5. The Bertz CT molecular complexity index is 5510. The molecule has 13 aromatic carbocycles. The van der Waals surface area contributed by atoms with Crippen molar-refractivity contribution in [3.63, 3.8) is 0 Å². The lowest BCUT2D eigenvalue weighted by Gasteiger charge is -2.32. The smallest absolute Gasteiger partial charge is 0.178 e. The van der Waals surface area contributed by atoms with Crippen LogP contribution in [-0.2, 0) is 0 Å². The Labute approximate surface area is 463 Å². The van der Waals surface area contributed by atoms with Crippen LogP contribution in [0.25, 0.3) is 143 Å². The second kappa shape index (κ2) is 16.6. The summed E-state index contributed by atoms with van der Waals surface area (Å²) in [5.74, 6) is 0. The number of para-hydroxylation sites is 6. The molecule has 0 fully saturated rings. The van der Waals surface area contributed by atoms with Gasteiger partial charge in [0, 0.05) is 76.8 Å². The first-order valence-corrected chi connectivity index (χ1v) is 27.5. The Balaban J connectivity index is 0.769. The van der Waals surface area contributed by atoms with Gasteiger partial charge in [0.15, 0.2) is 22.3 Å². The first-order valence-electron chi connectivity index (χ1n) is 27.5. The second-order valence-corrected chi connectivity index (χ2v) is 21.5. The zero-order chi connectivity index (χ0) is 53.0. The molecule has 5 heterocycles. The van der Waals surface area contributed by atoms with Crippen molar-refractivity contribution in [2.75, 3.05) is 9.80 Å². The lowest BCUT2D eigenvalue weighted by molar-refractivity contribution is 0.634. The van der Waals surface area contributed by atoms with Crippen LogP contribution in [0.4, 0.5) is 34.1 Å². The molecule has 378 valence electrons. The molecule has 0 saturated heterocycles. The monoisotopic (exact) mass is 1040 g/mol. The molecule has 0 amide bonds. The van der Waals surface area contributed by atoms with Crippen molar-refractivity contribution in [1.82, 2.24) is 0 Å². The van der Waals surface area contributed by atoms with Crippen LogP contribution in [-0.4, -0.2) is 0 Å². The van der Waals surface area contributed by atoms with Crippen LogP contribution in [0.15, 0.2) is 266 Å². The number of hydrogen-bond donors (Lipinski definition) is 0. The van der Waals surface area contributed by atoms with Gasteiger partial charge in [-0.2, -0.15) is 0 Å². The number of benzene rings is 13. The zero-order valence-electron chi connectivity index (χ0n) is 43.7. The second-order valence-electron chi connectivity index (χ2n) is 21.5. The number of rotatable bonds is 6. The average molecular weight is 1040 g/mol. The van der Waals surface area contributed by atoms with E-state index in [-0.39, 0.29) is 0 Å². The van der Waals surface area contributed by atoms with E-state index in [1.165, 1.54) is 5.56 Å². The summed E-state index contributed by atoms with van der Waals surface area (Å²) in [5, 5.41) is 12.9. The van der Waals surface area contributed by atoms with Gasteiger partial charge in [-0.25, -0.2) is 0 Å². The van der Waals surface area contributed by atoms with Gasteiger partial charge in [-0.1, -0.05) is 164 Å². The van der Waals surface area contributed by atoms with Gasteiger partial charge < -0.3 is 27.5 Å². The minimum atomic E-state index is 0.738. The van der Waals surface area contributed by atoms with Crippen LogP contribution in [0, 0.1) is 6.92 Å². The summed E-state index contributed by atoms with van der Waals surface area (Å²) in [4.78, 5) is 4.69. The van der Waals surface area contributed by atoms with Crippen molar-refractivity contribution < 1.29 is 17.7 Å². The van der Waals surface area contributed by atoms with Gasteiger partial charge in [0.1, 0.15) is 22.3 Å². The van der Waals surface area contributed by atoms with Crippen LogP contribution in [0.2, 0.25) is 0 Å². The molecule has 1 aliphatic rings. The van der Waals surface area contributed by atoms with E-state index in [0.29, 0.717) is 0 Å². The molecule has 0 radical (unpaired) electrons. The van der Waals surface area contributed by atoms with E-state index in [1.807, 2.05) is 6.07 Å². The third-order valence-electron chi connectivity index (χ3n) is 17.0. The summed E-state index contributed by atoms with van der Waals surface area (Å²) in [6.45, 7) is 2.17. The Morgan fingerprint density at radius 2 is 0.840 bits per heavy atom. The van der Waals surface area contributed by atoms with Gasteiger partial charge in [0.2, 0.25) is 0 Å². The molecule has 0 N–H and O–H groups in total. The van der Waals surface area contributed by atoms with Gasteiger partial charge in [-0.3, -0.25) is 0 Å². The first kappa shape index (κ1) is 44.2. The molecule has 1 aliphatic heterocycles. The van der Waals surface area contributed by atoms with Crippen molar-refractivity contribution >= 4 is 143 Å². The highest BCUT2D eigenvalue weighted by Gasteiger charge is 2.29. The summed E-state index contributed by atoms with van der Waals surface area (Å²) < 4.78 is 27.9. The molecule has 18 rings (SSSR count). The lowest BCUT2D eigenvalue weighted by Crippen LogP contribution is -2.14. The van der Waals surface area contributed by atoms with Crippen molar-refractivity contribution in [1.29, 1.82) is 0 Å². The highest BCUT2D eigenvalue weighted by Crippen LogP contribution is 2.53. The summed E-state index contributed by atoms with van der Waals surface area (Å²) in [5.41, 5.74) is 20.6. The number of fused-ring (bicyclic) bond motifs is 20. The number of furan rings is 4. The standard InChI is InChI=1S/C75H44N2O4/c1-43-16-8-10-28-64(43)76(66-30-14-26-56-54-24-12-22-51(70(54)80-72(56)66)44-17-4-2-5-18-44)49-33-32-46-38-62-58-34-35-59-63-42-60-48(40-69(63)79-75(59)74(58)78-68(62)39-47(46)36-49)37-50-41-61(60)53-21-9-11-29-65(53)77(50)67-31-15-27-57-55-25-13-23-52(71(55)81-73(57)67)45-19-6-3-7-20-45/h2-42H,1H3. The molecular weight excluding hydrogens is 993 g/mol. The molecule has 6 heteroatoms. The van der Waals surface area contributed by atoms with E-state index in [1.54, 1.807) is 0 Å². The molecule has 6 nitrogen and oxygen atoms in total. The Kier molecular flexibility index (Phi) is 9.06. The fourth-order valence-corrected chi connectivity index (χ4v) is 13.3. The third-order valence-corrected chi connectivity index (χ3v) is 17.0. The Hall–Kier alpha value is -10.8. The maximum atomic E-state index is 7.01. The highest BCUT2D eigenvalue weighted by molar-refractivity contribution is 6.23. The van der Waals surface area contributed by atoms with Crippen molar-refractivity contribution in [2.45, 2.75) is 6.92 Å². The van der Waals surface area contributed by atoms with E-state index in [2.05, 4.69) is 259 Å². The third kappa shape index (κ3) is 6.38. The fourth-order valence-electron chi connectivity index (χ4n) is 13.3. The minimum Gasteiger partial charge on any atom is -0.453 e. The van der Waals surface area contributed by atoms with Gasteiger partial charge in [-0.15, -0.1) is 0 Å². The molecule has 0 aliphatic carbocycles. The summed E-state index contributed by atoms with van der Waals surface area (Å²) in [7, 11) is 0. The van der Waals surface area contributed by atoms with Gasteiger partial charge >= 0.3 is 0 Å². The van der Waals surface area contributed by atoms with E-state index in [9.17, 15) is 0 Å². The van der Waals surface area contributed by atoms with Crippen LogP contribution < -0.4 is 9.80 Å². The number of nitrogens with zero attached hydrogens (tertiary/aromatic N) is 2. The molecule has 81 heavy (non-hydrogen) atoms. The van der Waals surface area contributed by atoms with E-state index < -0.39 is 0 Å². The molecule has 17 aromatic rings. The first-order chi connectivity index (χ1) is 40.1. The zero-order valence-corrected chi connectivity index (χ0v) is 43.7. The largest absolute Gasteiger partial charge is 0.453 e. The van der Waals surface area contributed by atoms with E-state index in [0.717, 1.165) is 177 Å². The van der Waals surface area contributed by atoms with Crippen LogP contribution >= 0.6 is 0 Å². The van der Waals surface area contributed by atoms with Crippen molar-refractivity contribution in [3.8, 4) is 33.4 Å². The molecular formula is C75H44N2O4. The summed E-state index contributed by atoms with van der Waals surface area (Å²) in [6, 6.07) is 88.7. The van der Waals surface area contributed by atoms with Crippen LogP contribution in [0.5, 0.6) is 0 Å². The summed E-state index contributed by atoms with van der Waals surface area (Å²) >= 11 is 0. The SMILES string of the molecule is Cc1ccccc1N(c1ccc2cc3c(cc2c1)oc1c3ccc2c3cc4c5cc(cc4cc3oc21)N(c1cccc2c1oc1c(-c3ccccc3)cccc12)c1ccccc1-5)c1cccc2c1oc1c(-c3ccccc3)cccc12. The fraction of sp³-hybridized carbons (Fsp3) is 0.0133. The highest BCUT2D eigenvalue weighted by atomic mass is 16.4. The Morgan fingerprint density at radius 3 is 1.56 bits per heavy atom.